The van der Waals surface area contributed by atoms with E-state index >= 15 is 0 Å². The zero-order valence-corrected chi connectivity index (χ0v) is 7.73. The average molecular weight is 193 g/mol. The first-order valence-corrected chi connectivity index (χ1v) is 4.27. The van der Waals surface area contributed by atoms with Crippen LogP contribution in [0, 0.1) is 0 Å². The lowest BCUT2D eigenvalue weighted by Gasteiger charge is -2.25. The monoisotopic (exact) mass is 193 g/mol. The number of aromatic amines is 1. The van der Waals surface area contributed by atoms with E-state index in [4.69, 9.17) is 10.5 Å². The van der Waals surface area contributed by atoms with Crippen molar-refractivity contribution in [1.82, 2.24) is 10.2 Å². The molecule has 0 aromatic carbocycles. The molecule has 1 aliphatic heterocycles. The van der Waals surface area contributed by atoms with Gasteiger partial charge in [0.1, 0.15) is 0 Å². The highest BCUT2D eigenvalue weighted by Crippen LogP contribution is 2.34. The molecule has 1 aromatic heterocycles. The third-order valence-electron chi connectivity index (χ3n) is 2.51. The van der Waals surface area contributed by atoms with Crippen molar-refractivity contribution in [3.8, 4) is 0 Å². The molecule has 2 heterocycles. The molecule has 2 unspecified atom stereocenters. The van der Waals surface area contributed by atoms with Crippen molar-refractivity contribution in [1.29, 1.82) is 0 Å². The maximum absolute atomic E-state index is 11.1. The van der Waals surface area contributed by atoms with Gasteiger partial charge in [0.25, 0.3) is 5.91 Å². The molecule has 1 aromatic rings. The molecule has 0 fully saturated rings. The van der Waals surface area contributed by atoms with Crippen LogP contribution in [0.2, 0.25) is 0 Å². The van der Waals surface area contributed by atoms with Gasteiger partial charge in [0.05, 0.1) is 11.7 Å². The van der Waals surface area contributed by atoms with Crippen molar-refractivity contribution in [3.05, 3.63) is 30.3 Å². The summed E-state index contributed by atoms with van der Waals surface area (Å²) in [5.74, 6) is -0.480. The van der Waals surface area contributed by atoms with Gasteiger partial charge in [-0.3, -0.25) is 9.89 Å². The molecule has 0 saturated heterocycles. The van der Waals surface area contributed by atoms with E-state index in [9.17, 15) is 4.79 Å². The van der Waals surface area contributed by atoms with E-state index in [0.717, 1.165) is 5.69 Å². The van der Waals surface area contributed by atoms with Crippen molar-refractivity contribution < 1.29 is 9.53 Å². The minimum atomic E-state index is -0.664. The van der Waals surface area contributed by atoms with Crippen LogP contribution in [0.1, 0.15) is 12.6 Å². The molecule has 0 radical (unpaired) electrons. The molecule has 5 nitrogen and oxygen atoms in total. The number of hydrogen-bond acceptors (Lipinski definition) is 3. The van der Waals surface area contributed by atoms with Gasteiger partial charge in [0.15, 0.2) is 6.10 Å². The number of hydrogen-bond donors (Lipinski definition) is 2. The fraction of sp³-hybridized carbons (Fsp3) is 0.333. The molecule has 0 bridgehead atoms. The second kappa shape index (κ2) is 2.87. The highest BCUT2D eigenvalue weighted by molar-refractivity contribution is 5.82. The minimum absolute atomic E-state index is 0.480. The maximum Gasteiger partial charge on any atom is 0.259 e. The normalized spacial score (nSPS) is 30.2. The summed E-state index contributed by atoms with van der Waals surface area (Å²) in [5, 5.41) is 6.65. The fourth-order valence-electron chi connectivity index (χ4n) is 1.64. The Morgan fingerprint density at radius 3 is 3.14 bits per heavy atom. The molecule has 0 saturated carbocycles. The van der Waals surface area contributed by atoms with E-state index in [1.165, 1.54) is 6.26 Å². The van der Waals surface area contributed by atoms with Gasteiger partial charge in [-0.2, -0.15) is 5.10 Å². The summed E-state index contributed by atoms with van der Waals surface area (Å²) in [7, 11) is 0. The molecular weight excluding hydrogens is 182 g/mol. The van der Waals surface area contributed by atoms with Crippen molar-refractivity contribution in [2.45, 2.75) is 18.4 Å². The number of nitrogens with one attached hydrogen (secondary N) is 1. The lowest BCUT2D eigenvalue weighted by molar-refractivity contribution is -0.127. The molecule has 3 N–H and O–H groups in total. The zero-order chi connectivity index (χ0) is 10.2. The van der Waals surface area contributed by atoms with Crippen molar-refractivity contribution in [3.63, 3.8) is 0 Å². The van der Waals surface area contributed by atoms with Gasteiger partial charge in [-0.25, -0.2) is 0 Å². The highest BCUT2D eigenvalue weighted by Gasteiger charge is 2.43. The number of carbonyl (C=O) groups is 1. The van der Waals surface area contributed by atoms with Gasteiger partial charge in [-0.05, 0) is 19.1 Å². The third kappa shape index (κ3) is 1.09. The van der Waals surface area contributed by atoms with Crippen LogP contribution in [0.25, 0.3) is 0 Å². The predicted molar refractivity (Wildman–Crippen MR) is 49.1 cm³/mol. The number of nitrogens with two attached hydrogens (primary N) is 1. The van der Waals surface area contributed by atoms with Gasteiger partial charge in [0, 0.05) is 11.9 Å². The summed E-state index contributed by atoms with van der Waals surface area (Å²) in [4.78, 5) is 11.1. The molecule has 0 aliphatic carbocycles. The van der Waals surface area contributed by atoms with Crippen LogP contribution in [0.5, 0.6) is 0 Å². The Labute approximate surface area is 80.9 Å². The first kappa shape index (κ1) is 8.80. The number of H-pyrrole nitrogens is 1. The van der Waals surface area contributed by atoms with Crippen LogP contribution in [-0.2, 0) is 14.9 Å². The zero-order valence-electron chi connectivity index (χ0n) is 7.73. The van der Waals surface area contributed by atoms with E-state index in [1.54, 1.807) is 18.3 Å². The summed E-state index contributed by atoms with van der Waals surface area (Å²) in [6, 6.07) is 1.80. The molecule has 5 heteroatoms. The Morgan fingerprint density at radius 2 is 2.57 bits per heavy atom. The molecule has 1 amide bonds. The lowest BCUT2D eigenvalue weighted by Crippen LogP contribution is -2.43. The number of nitrogens with zero attached hydrogens (tertiary/aromatic N) is 1. The molecule has 1 aliphatic rings. The largest absolute Gasteiger partial charge is 0.487 e. The van der Waals surface area contributed by atoms with Gasteiger partial charge in [0.2, 0.25) is 0 Å². The minimum Gasteiger partial charge on any atom is -0.487 e. The molecular formula is C9H11N3O2. The third-order valence-corrected chi connectivity index (χ3v) is 2.51. The Hall–Kier alpha value is -1.78. The van der Waals surface area contributed by atoms with E-state index in [-0.39, 0.29) is 0 Å². The molecule has 2 atom stereocenters. The second-order valence-corrected chi connectivity index (χ2v) is 3.47. The van der Waals surface area contributed by atoms with Crippen LogP contribution in [0.4, 0.5) is 0 Å². The van der Waals surface area contributed by atoms with Crippen LogP contribution < -0.4 is 5.73 Å². The highest BCUT2D eigenvalue weighted by atomic mass is 16.5. The summed E-state index contributed by atoms with van der Waals surface area (Å²) in [6.07, 6.45) is 4.26. The van der Waals surface area contributed by atoms with E-state index in [2.05, 4.69) is 10.2 Å². The molecule has 74 valence electrons. The van der Waals surface area contributed by atoms with Crippen molar-refractivity contribution in [2.24, 2.45) is 5.73 Å². The first-order valence-electron chi connectivity index (χ1n) is 4.27. The predicted octanol–water partition coefficient (Wildman–Crippen LogP) is 0.0652. The standard InChI is InChI=1S/C9H11N3O2/c1-9(6-2-4-11-12-6)3-5-14-7(9)8(10)13/h2-5,7H,1H3,(H2,10,13)(H,11,12). The first-order chi connectivity index (χ1) is 6.64. The van der Waals surface area contributed by atoms with E-state index in [1.807, 2.05) is 6.92 Å². The van der Waals surface area contributed by atoms with Gasteiger partial charge in [-0.1, -0.05) is 0 Å². The number of aromatic nitrogens is 2. The van der Waals surface area contributed by atoms with Crippen LogP contribution in [0.3, 0.4) is 0 Å². The Kier molecular flexibility index (Phi) is 1.80. The van der Waals surface area contributed by atoms with Gasteiger partial charge in [-0.15, -0.1) is 0 Å². The topological polar surface area (TPSA) is 81.0 Å². The van der Waals surface area contributed by atoms with Crippen LogP contribution in [-0.4, -0.2) is 22.2 Å². The summed E-state index contributed by atoms with van der Waals surface area (Å²) >= 11 is 0. The Morgan fingerprint density at radius 1 is 1.79 bits per heavy atom. The SMILES string of the molecule is CC1(c2ccn[nH]2)C=COC1C(N)=O. The van der Waals surface area contributed by atoms with Gasteiger partial charge < -0.3 is 10.5 Å². The molecule has 2 rings (SSSR count). The molecule has 0 spiro atoms. The lowest BCUT2D eigenvalue weighted by atomic mass is 9.82. The van der Waals surface area contributed by atoms with Gasteiger partial charge >= 0.3 is 0 Å². The van der Waals surface area contributed by atoms with Crippen molar-refractivity contribution >= 4 is 5.91 Å². The molecule has 14 heavy (non-hydrogen) atoms. The number of carbonyl (C=O) groups excluding carboxylic acids is 1. The second-order valence-electron chi connectivity index (χ2n) is 3.47. The quantitative estimate of drug-likeness (QED) is 0.697. The number of primary amides is 1. The Bertz CT molecular complexity index is 371. The van der Waals surface area contributed by atoms with E-state index in [0.29, 0.717) is 0 Å². The van der Waals surface area contributed by atoms with Crippen molar-refractivity contribution in [2.75, 3.05) is 0 Å². The fourth-order valence-corrected chi connectivity index (χ4v) is 1.64. The summed E-state index contributed by atoms with van der Waals surface area (Å²) < 4.78 is 5.15. The Balaban J connectivity index is 2.39. The van der Waals surface area contributed by atoms with Crippen LogP contribution in [0.15, 0.2) is 24.6 Å². The summed E-state index contributed by atoms with van der Waals surface area (Å²) in [6.45, 7) is 1.87. The average Bonchev–Trinajstić information content (AvgIpc) is 2.71. The van der Waals surface area contributed by atoms with E-state index < -0.39 is 17.4 Å². The van der Waals surface area contributed by atoms with Crippen LogP contribution >= 0.6 is 0 Å². The number of amides is 1. The smallest absolute Gasteiger partial charge is 0.259 e. The number of ether oxygens (including phenoxy) is 1. The maximum atomic E-state index is 11.1. The summed E-state index contributed by atoms with van der Waals surface area (Å²) in [5.41, 5.74) is 5.52. The number of rotatable bonds is 2.